The molecule has 1 unspecified atom stereocenters. The lowest BCUT2D eigenvalue weighted by atomic mass is 9.91. The van der Waals surface area contributed by atoms with Crippen LogP contribution < -0.4 is 10.6 Å². The number of ether oxygens (including phenoxy) is 1. The molecule has 7 nitrogen and oxygen atoms in total. The predicted molar refractivity (Wildman–Crippen MR) is 101 cm³/mol. The summed E-state index contributed by atoms with van der Waals surface area (Å²) in [7, 11) is 1.63. The van der Waals surface area contributed by atoms with Crippen molar-refractivity contribution in [2.24, 2.45) is 5.92 Å². The first kappa shape index (κ1) is 19.5. The van der Waals surface area contributed by atoms with Crippen LogP contribution in [0.3, 0.4) is 0 Å². The number of amides is 1. The smallest absolute Gasteiger partial charge is 0.251 e. The largest absolute Gasteiger partial charge is 0.381 e. The lowest BCUT2D eigenvalue weighted by Crippen LogP contribution is -2.32. The summed E-state index contributed by atoms with van der Waals surface area (Å²) in [4.78, 5) is 16.3. The maximum Gasteiger partial charge on any atom is 0.251 e. The van der Waals surface area contributed by atoms with Gasteiger partial charge in [-0.05, 0) is 36.5 Å². The van der Waals surface area contributed by atoms with Crippen molar-refractivity contribution in [1.29, 1.82) is 0 Å². The average molecular weight is 372 g/mol. The molecule has 7 heteroatoms. The van der Waals surface area contributed by atoms with Gasteiger partial charge in [0.2, 0.25) is 5.89 Å². The summed E-state index contributed by atoms with van der Waals surface area (Å²) in [6.45, 7) is 6.29. The summed E-state index contributed by atoms with van der Waals surface area (Å²) < 4.78 is 11.1. The number of aromatic nitrogens is 2. The molecule has 0 spiro atoms. The second-order valence-corrected chi connectivity index (χ2v) is 7.23. The van der Waals surface area contributed by atoms with Gasteiger partial charge in [-0.15, -0.1) is 0 Å². The van der Waals surface area contributed by atoms with Crippen molar-refractivity contribution in [1.82, 2.24) is 20.8 Å². The van der Waals surface area contributed by atoms with Crippen LogP contribution in [-0.2, 0) is 11.3 Å². The molecule has 0 bridgehead atoms. The molecule has 1 aliphatic rings. The second-order valence-electron chi connectivity index (χ2n) is 7.23. The highest BCUT2D eigenvalue weighted by atomic mass is 16.5. The number of hydrogen-bond acceptors (Lipinski definition) is 6. The van der Waals surface area contributed by atoms with E-state index in [2.05, 4.69) is 34.6 Å². The molecule has 0 saturated carbocycles. The molecule has 2 heterocycles. The van der Waals surface area contributed by atoms with Gasteiger partial charge in [-0.1, -0.05) is 31.1 Å². The Balaban J connectivity index is 1.71. The van der Waals surface area contributed by atoms with Crippen LogP contribution in [0.4, 0.5) is 0 Å². The molecule has 1 fully saturated rings. The Bertz CT molecular complexity index is 736. The van der Waals surface area contributed by atoms with Crippen molar-refractivity contribution in [3.63, 3.8) is 0 Å². The Kier molecular flexibility index (Phi) is 6.58. The van der Waals surface area contributed by atoms with Crippen molar-refractivity contribution in [3.05, 3.63) is 47.1 Å². The molecular formula is C20H28N4O3. The summed E-state index contributed by atoms with van der Waals surface area (Å²) in [5.41, 5.74) is 1.75. The van der Waals surface area contributed by atoms with Crippen LogP contribution in [0.2, 0.25) is 0 Å². The van der Waals surface area contributed by atoms with Crippen molar-refractivity contribution < 1.29 is 14.1 Å². The molecule has 1 atom stereocenters. The normalized spacial score (nSPS) is 16.4. The SMILES string of the molecule is CNC(=O)c1ccc(CNC(c2nc(C(C)C)no2)C2CCOCC2)cc1. The highest BCUT2D eigenvalue weighted by Gasteiger charge is 2.30. The lowest BCUT2D eigenvalue weighted by molar-refractivity contribution is 0.0485. The predicted octanol–water partition coefficient (Wildman–Crippen LogP) is 2.81. The second kappa shape index (κ2) is 9.10. The van der Waals surface area contributed by atoms with Crippen LogP contribution in [-0.4, -0.2) is 36.3 Å². The van der Waals surface area contributed by atoms with E-state index >= 15 is 0 Å². The number of hydrogen-bond donors (Lipinski definition) is 2. The molecule has 3 rings (SSSR count). The van der Waals surface area contributed by atoms with E-state index in [0.29, 0.717) is 23.9 Å². The minimum atomic E-state index is -0.0818. The van der Waals surface area contributed by atoms with E-state index in [0.717, 1.165) is 37.4 Å². The third-order valence-electron chi connectivity index (χ3n) is 4.95. The van der Waals surface area contributed by atoms with Crippen LogP contribution in [0.15, 0.2) is 28.8 Å². The van der Waals surface area contributed by atoms with Crippen molar-refractivity contribution in [3.8, 4) is 0 Å². The molecule has 2 aromatic rings. The Morgan fingerprint density at radius 1 is 1.22 bits per heavy atom. The highest BCUT2D eigenvalue weighted by molar-refractivity contribution is 5.93. The van der Waals surface area contributed by atoms with Crippen LogP contribution in [0.1, 0.15) is 66.3 Å². The third kappa shape index (κ3) is 4.93. The molecule has 2 N–H and O–H groups in total. The molecule has 0 radical (unpaired) electrons. The van der Waals surface area contributed by atoms with Gasteiger partial charge in [-0.25, -0.2) is 0 Å². The summed E-state index contributed by atoms with van der Waals surface area (Å²) in [6.07, 6.45) is 1.93. The van der Waals surface area contributed by atoms with Crippen molar-refractivity contribution in [2.75, 3.05) is 20.3 Å². The third-order valence-corrected chi connectivity index (χ3v) is 4.95. The van der Waals surface area contributed by atoms with Gasteiger partial charge in [-0.3, -0.25) is 4.79 Å². The van der Waals surface area contributed by atoms with Crippen molar-refractivity contribution >= 4 is 5.91 Å². The summed E-state index contributed by atoms with van der Waals surface area (Å²) in [5.74, 6) is 1.92. The van der Waals surface area contributed by atoms with Gasteiger partial charge in [0, 0.05) is 38.3 Å². The molecule has 146 valence electrons. The molecule has 1 amide bonds. The van der Waals surface area contributed by atoms with Crippen LogP contribution in [0, 0.1) is 5.92 Å². The first-order chi connectivity index (χ1) is 13.1. The zero-order valence-electron chi connectivity index (χ0n) is 16.2. The first-order valence-corrected chi connectivity index (χ1v) is 9.54. The Morgan fingerprint density at radius 3 is 2.52 bits per heavy atom. The van der Waals surface area contributed by atoms with Crippen LogP contribution in [0.25, 0.3) is 0 Å². The highest BCUT2D eigenvalue weighted by Crippen LogP contribution is 2.30. The zero-order chi connectivity index (χ0) is 19.2. The fourth-order valence-corrected chi connectivity index (χ4v) is 3.26. The van der Waals surface area contributed by atoms with Gasteiger partial charge in [-0.2, -0.15) is 4.98 Å². The van der Waals surface area contributed by atoms with Crippen molar-refractivity contribution in [2.45, 2.75) is 45.2 Å². The average Bonchev–Trinajstić information content (AvgIpc) is 3.19. The maximum atomic E-state index is 11.7. The summed E-state index contributed by atoms with van der Waals surface area (Å²) in [6, 6.07) is 7.59. The molecule has 1 aromatic carbocycles. The Hall–Kier alpha value is -2.25. The van der Waals surface area contributed by atoms with E-state index in [4.69, 9.17) is 9.26 Å². The molecule has 1 aromatic heterocycles. The molecule has 0 aliphatic carbocycles. The molecule has 1 saturated heterocycles. The summed E-state index contributed by atoms with van der Waals surface area (Å²) >= 11 is 0. The quantitative estimate of drug-likeness (QED) is 0.777. The Labute approximate surface area is 159 Å². The molecular weight excluding hydrogens is 344 g/mol. The topological polar surface area (TPSA) is 89.3 Å². The van der Waals surface area contributed by atoms with E-state index in [1.54, 1.807) is 7.05 Å². The van der Waals surface area contributed by atoms with E-state index in [1.165, 1.54) is 0 Å². The van der Waals surface area contributed by atoms with E-state index < -0.39 is 0 Å². The molecule has 27 heavy (non-hydrogen) atoms. The Morgan fingerprint density at radius 2 is 1.93 bits per heavy atom. The van der Waals surface area contributed by atoms with Crippen LogP contribution >= 0.6 is 0 Å². The fourth-order valence-electron chi connectivity index (χ4n) is 3.26. The monoisotopic (exact) mass is 372 g/mol. The fraction of sp³-hybridized carbons (Fsp3) is 0.550. The molecule has 1 aliphatic heterocycles. The first-order valence-electron chi connectivity index (χ1n) is 9.54. The number of benzene rings is 1. The number of carbonyl (C=O) groups excluding carboxylic acids is 1. The number of rotatable bonds is 7. The van der Waals surface area contributed by atoms with Gasteiger partial charge in [0.1, 0.15) is 0 Å². The van der Waals surface area contributed by atoms with Gasteiger partial charge in [0.25, 0.3) is 5.91 Å². The van der Waals surface area contributed by atoms with E-state index in [1.807, 2.05) is 24.3 Å². The minimum absolute atomic E-state index is 0.00693. The lowest BCUT2D eigenvalue weighted by Gasteiger charge is -2.28. The zero-order valence-corrected chi connectivity index (χ0v) is 16.2. The number of nitrogens with zero attached hydrogens (tertiary/aromatic N) is 2. The maximum absolute atomic E-state index is 11.7. The standard InChI is InChI=1S/C20H28N4O3/c1-13(2)18-23-20(27-24-18)17(15-8-10-26-11-9-15)22-12-14-4-6-16(7-5-14)19(25)21-3/h4-7,13,15,17,22H,8-12H2,1-3H3,(H,21,25). The summed E-state index contributed by atoms with van der Waals surface area (Å²) in [5, 5.41) is 10.3. The number of nitrogens with one attached hydrogen (secondary N) is 2. The van der Waals surface area contributed by atoms with Gasteiger partial charge in [0.05, 0.1) is 6.04 Å². The van der Waals surface area contributed by atoms with Gasteiger partial charge in [0.15, 0.2) is 5.82 Å². The van der Waals surface area contributed by atoms with Crippen LogP contribution in [0.5, 0.6) is 0 Å². The minimum Gasteiger partial charge on any atom is -0.381 e. The number of carbonyl (C=O) groups is 1. The van der Waals surface area contributed by atoms with E-state index in [9.17, 15) is 4.79 Å². The van der Waals surface area contributed by atoms with E-state index in [-0.39, 0.29) is 17.9 Å². The van der Waals surface area contributed by atoms with Gasteiger partial charge >= 0.3 is 0 Å². The van der Waals surface area contributed by atoms with Gasteiger partial charge < -0.3 is 19.9 Å².